The molecular formula is C23H18F2N2O2. The molecule has 0 radical (unpaired) electrons. The van der Waals surface area contributed by atoms with Crippen LogP contribution < -0.4 is 4.74 Å². The SMILES string of the molecule is O=C(CCc1cc(OCc2ccccc2F)ccc1F)c1ccc2cncn2c1. The topological polar surface area (TPSA) is 43.6 Å². The number of carbonyl (C=O) groups is 1. The lowest BCUT2D eigenvalue weighted by atomic mass is 10.0. The molecule has 0 fully saturated rings. The van der Waals surface area contributed by atoms with Crippen LogP contribution in [0.5, 0.6) is 5.75 Å². The number of imidazole rings is 1. The maximum absolute atomic E-state index is 14.2. The van der Waals surface area contributed by atoms with Crippen molar-refractivity contribution in [1.82, 2.24) is 9.38 Å². The van der Waals surface area contributed by atoms with Crippen molar-refractivity contribution in [3.63, 3.8) is 0 Å². The average molecular weight is 392 g/mol. The van der Waals surface area contributed by atoms with Gasteiger partial charge in [0.25, 0.3) is 0 Å². The molecule has 0 bridgehead atoms. The molecule has 2 aromatic heterocycles. The van der Waals surface area contributed by atoms with Gasteiger partial charge in [0.1, 0.15) is 24.0 Å². The van der Waals surface area contributed by atoms with Gasteiger partial charge in [-0.05, 0) is 48.4 Å². The zero-order chi connectivity index (χ0) is 20.2. The highest BCUT2D eigenvalue weighted by Gasteiger charge is 2.11. The largest absolute Gasteiger partial charge is 0.489 e. The van der Waals surface area contributed by atoms with Crippen LogP contribution in [0.25, 0.3) is 5.52 Å². The van der Waals surface area contributed by atoms with Gasteiger partial charge in [-0.1, -0.05) is 18.2 Å². The quantitative estimate of drug-likeness (QED) is 0.416. The molecule has 146 valence electrons. The molecule has 0 amide bonds. The molecule has 0 aliphatic heterocycles. The first-order chi connectivity index (χ1) is 14.1. The molecule has 0 saturated heterocycles. The number of fused-ring (bicyclic) bond motifs is 1. The van der Waals surface area contributed by atoms with Gasteiger partial charge >= 0.3 is 0 Å². The second-order valence-electron chi connectivity index (χ2n) is 6.70. The molecule has 4 nitrogen and oxygen atoms in total. The summed E-state index contributed by atoms with van der Waals surface area (Å²) in [6, 6.07) is 14.2. The summed E-state index contributed by atoms with van der Waals surface area (Å²) in [5, 5.41) is 0. The number of nitrogens with zero attached hydrogens (tertiary/aromatic N) is 2. The fourth-order valence-corrected chi connectivity index (χ4v) is 3.09. The Morgan fingerprint density at radius 2 is 1.83 bits per heavy atom. The van der Waals surface area contributed by atoms with Gasteiger partial charge in [-0.2, -0.15) is 0 Å². The number of hydrogen-bond acceptors (Lipinski definition) is 3. The predicted octanol–water partition coefficient (Wildman–Crippen LogP) is 5.01. The normalized spacial score (nSPS) is 11.0. The number of rotatable bonds is 7. The lowest BCUT2D eigenvalue weighted by Crippen LogP contribution is -2.04. The molecule has 0 aliphatic rings. The van der Waals surface area contributed by atoms with Crippen LogP contribution in [0.2, 0.25) is 0 Å². The van der Waals surface area contributed by atoms with Gasteiger partial charge in [0.05, 0.1) is 18.0 Å². The summed E-state index contributed by atoms with van der Waals surface area (Å²) in [5.41, 5.74) is 2.24. The van der Waals surface area contributed by atoms with E-state index in [1.165, 1.54) is 18.2 Å². The van der Waals surface area contributed by atoms with E-state index in [9.17, 15) is 13.6 Å². The van der Waals surface area contributed by atoms with Gasteiger partial charge < -0.3 is 9.14 Å². The van der Waals surface area contributed by atoms with Crippen LogP contribution >= 0.6 is 0 Å². The van der Waals surface area contributed by atoms with E-state index in [1.54, 1.807) is 53.5 Å². The molecule has 0 atom stereocenters. The highest BCUT2D eigenvalue weighted by molar-refractivity contribution is 5.96. The molecule has 4 rings (SSSR count). The van der Waals surface area contributed by atoms with Gasteiger partial charge in [-0.15, -0.1) is 0 Å². The second kappa shape index (κ2) is 8.22. The number of aromatic nitrogens is 2. The summed E-state index contributed by atoms with van der Waals surface area (Å²) >= 11 is 0. The van der Waals surface area contributed by atoms with Crippen molar-refractivity contribution in [2.75, 3.05) is 0 Å². The van der Waals surface area contributed by atoms with E-state index >= 15 is 0 Å². The summed E-state index contributed by atoms with van der Waals surface area (Å²) in [6.45, 7) is 0.0432. The fraction of sp³-hybridized carbons (Fsp3) is 0.130. The maximum atomic E-state index is 14.2. The Hall–Kier alpha value is -3.54. The van der Waals surface area contributed by atoms with E-state index in [2.05, 4.69) is 4.98 Å². The Morgan fingerprint density at radius 1 is 1.00 bits per heavy atom. The number of hydrogen-bond donors (Lipinski definition) is 0. The van der Waals surface area contributed by atoms with Crippen LogP contribution in [0, 0.1) is 11.6 Å². The van der Waals surface area contributed by atoms with Gasteiger partial charge in [0, 0.05) is 23.7 Å². The van der Waals surface area contributed by atoms with Crippen LogP contribution in [-0.4, -0.2) is 15.2 Å². The van der Waals surface area contributed by atoms with E-state index in [-0.39, 0.29) is 31.0 Å². The van der Waals surface area contributed by atoms with Crippen LogP contribution in [0.4, 0.5) is 8.78 Å². The third-order valence-electron chi connectivity index (χ3n) is 4.72. The number of halogens is 2. The Balaban J connectivity index is 1.42. The standard InChI is InChI=1S/C23H18F2N2O2/c24-21-4-2-1-3-18(21)14-29-20-8-9-22(25)16(11-20)6-10-23(28)17-5-7-19-12-26-15-27(19)13-17/h1-5,7-9,11-13,15H,6,10,14H2. The third-order valence-corrected chi connectivity index (χ3v) is 4.72. The Labute approximate surface area is 166 Å². The average Bonchev–Trinajstić information content (AvgIpc) is 3.21. The molecule has 6 heteroatoms. The minimum Gasteiger partial charge on any atom is -0.489 e. The van der Waals surface area contributed by atoms with Crippen LogP contribution in [0.1, 0.15) is 27.9 Å². The first kappa shape index (κ1) is 18.8. The van der Waals surface area contributed by atoms with Gasteiger partial charge in [0.2, 0.25) is 0 Å². The number of ether oxygens (including phenoxy) is 1. The number of benzene rings is 2. The highest BCUT2D eigenvalue weighted by Crippen LogP contribution is 2.21. The smallest absolute Gasteiger partial charge is 0.164 e. The molecule has 2 aromatic carbocycles. The van der Waals surface area contributed by atoms with Gasteiger partial charge in [0.15, 0.2) is 5.78 Å². The third kappa shape index (κ3) is 4.32. The van der Waals surface area contributed by atoms with Crippen molar-refractivity contribution in [3.8, 4) is 5.75 Å². The van der Waals surface area contributed by atoms with Gasteiger partial charge in [-0.25, -0.2) is 13.8 Å². The fourth-order valence-electron chi connectivity index (χ4n) is 3.09. The second-order valence-corrected chi connectivity index (χ2v) is 6.70. The van der Waals surface area contributed by atoms with Crippen molar-refractivity contribution in [2.24, 2.45) is 0 Å². The van der Waals surface area contributed by atoms with Crippen LogP contribution in [-0.2, 0) is 13.0 Å². The molecule has 0 spiro atoms. The molecular weight excluding hydrogens is 374 g/mol. The number of ketones is 1. The Morgan fingerprint density at radius 3 is 2.69 bits per heavy atom. The lowest BCUT2D eigenvalue weighted by Gasteiger charge is -2.10. The van der Waals surface area contributed by atoms with Crippen LogP contribution in [0.3, 0.4) is 0 Å². The number of carbonyl (C=O) groups excluding carboxylic acids is 1. The van der Waals surface area contributed by atoms with Crippen molar-refractivity contribution < 1.29 is 18.3 Å². The molecule has 0 N–H and O–H groups in total. The van der Waals surface area contributed by atoms with Crippen molar-refractivity contribution in [3.05, 3.63) is 102 Å². The molecule has 0 aliphatic carbocycles. The number of pyridine rings is 1. The molecule has 4 aromatic rings. The first-order valence-electron chi connectivity index (χ1n) is 9.20. The minimum absolute atomic E-state index is 0.0432. The van der Waals surface area contributed by atoms with E-state index in [0.29, 0.717) is 22.4 Å². The summed E-state index contributed by atoms with van der Waals surface area (Å²) in [5.74, 6) is -0.411. The zero-order valence-corrected chi connectivity index (χ0v) is 15.5. The van der Waals surface area contributed by atoms with E-state index < -0.39 is 5.82 Å². The van der Waals surface area contributed by atoms with Crippen molar-refractivity contribution in [2.45, 2.75) is 19.4 Å². The van der Waals surface area contributed by atoms with Crippen molar-refractivity contribution >= 4 is 11.3 Å². The Kier molecular flexibility index (Phi) is 5.33. The van der Waals surface area contributed by atoms with E-state index in [1.807, 2.05) is 6.07 Å². The number of aryl methyl sites for hydroxylation is 1. The lowest BCUT2D eigenvalue weighted by molar-refractivity contribution is 0.0982. The molecule has 0 saturated carbocycles. The van der Waals surface area contributed by atoms with E-state index in [4.69, 9.17) is 4.74 Å². The zero-order valence-electron chi connectivity index (χ0n) is 15.5. The summed E-state index contributed by atoms with van der Waals surface area (Å²) in [4.78, 5) is 16.5. The minimum atomic E-state index is -0.402. The maximum Gasteiger partial charge on any atom is 0.164 e. The Bertz CT molecular complexity index is 1170. The van der Waals surface area contributed by atoms with Crippen LogP contribution in [0.15, 0.2) is 73.3 Å². The first-order valence-corrected chi connectivity index (χ1v) is 9.20. The number of Topliss-reactive ketones (excluding diaryl/α,β-unsaturated/α-hetero) is 1. The summed E-state index contributed by atoms with van der Waals surface area (Å²) in [6.07, 6.45) is 5.45. The molecule has 29 heavy (non-hydrogen) atoms. The summed E-state index contributed by atoms with van der Waals surface area (Å²) in [7, 11) is 0. The van der Waals surface area contributed by atoms with Gasteiger partial charge in [-0.3, -0.25) is 4.79 Å². The van der Waals surface area contributed by atoms with Crippen molar-refractivity contribution in [1.29, 1.82) is 0 Å². The summed E-state index contributed by atoms with van der Waals surface area (Å²) < 4.78 is 35.2. The van der Waals surface area contributed by atoms with E-state index in [0.717, 1.165) is 5.52 Å². The highest BCUT2D eigenvalue weighted by atomic mass is 19.1. The monoisotopic (exact) mass is 392 g/mol. The molecule has 0 unspecified atom stereocenters. The predicted molar refractivity (Wildman–Crippen MR) is 105 cm³/mol. The molecule has 2 heterocycles.